The van der Waals surface area contributed by atoms with E-state index >= 15 is 0 Å². The van der Waals surface area contributed by atoms with Gasteiger partial charge in [0, 0.05) is 6.26 Å². The molecule has 0 radical (unpaired) electrons. The highest BCUT2D eigenvalue weighted by Crippen LogP contribution is 2.36. The van der Waals surface area contributed by atoms with Gasteiger partial charge in [0.15, 0.2) is 21.3 Å². The predicted octanol–water partition coefficient (Wildman–Crippen LogP) is 1.27. The van der Waals surface area contributed by atoms with E-state index in [4.69, 9.17) is 26.8 Å². The van der Waals surface area contributed by atoms with Crippen LogP contribution in [0.3, 0.4) is 0 Å². The highest BCUT2D eigenvalue weighted by atomic mass is 35.5. The molecule has 0 fully saturated rings. The summed E-state index contributed by atoms with van der Waals surface area (Å²) in [5.41, 5.74) is 6.43. The standard InChI is InChI=1S/C12H18ClNO4S/c1-17-11-8-9(3-4-14)7-10(13)12(11)18-5-6-19(2,15)16/h7-8H,3-6,14H2,1-2H3. The number of sulfone groups is 1. The molecule has 0 bridgehead atoms. The maximum atomic E-state index is 11.0. The van der Waals surface area contributed by atoms with Gasteiger partial charge in [-0.1, -0.05) is 11.6 Å². The van der Waals surface area contributed by atoms with Gasteiger partial charge in [-0.2, -0.15) is 0 Å². The van der Waals surface area contributed by atoms with Crippen LogP contribution in [0.25, 0.3) is 0 Å². The van der Waals surface area contributed by atoms with Crippen molar-refractivity contribution >= 4 is 21.4 Å². The molecule has 0 saturated heterocycles. The first-order valence-electron chi connectivity index (χ1n) is 5.74. The normalized spacial score (nSPS) is 11.4. The van der Waals surface area contributed by atoms with Gasteiger partial charge < -0.3 is 15.2 Å². The fraction of sp³-hybridized carbons (Fsp3) is 0.500. The Morgan fingerprint density at radius 1 is 1.37 bits per heavy atom. The van der Waals surface area contributed by atoms with E-state index in [2.05, 4.69) is 0 Å². The monoisotopic (exact) mass is 307 g/mol. The highest BCUT2D eigenvalue weighted by Gasteiger charge is 2.13. The van der Waals surface area contributed by atoms with E-state index in [0.717, 1.165) is 11.8 Å². The van der Waals surface area contributed by atoms with Crippen LogP contribution in [0.1, 0.15) is 5.56 Å². The van der Waals surface area contributed by atoms with E-state index in [-0.39, 0.29) is 12.4 Å². The van der Waals surface area contributed by atoms with Crippen molar-refractivity contribution in [2.45, 2.75) is 6.42 Å². The minimum absolute atomic E-state index is 0.0329. The van der Waals surface area contributed by atoms with Crippen molar-refractivity contribution in [1.29, 1.82) is 0 Å². The van der Waals surface area contributed by atoms with Crippen LogP contribution < -0.4 is 15.2 Å². The Morgan fingerprint density at radius 2 is 2.05 bits per heavy atom. The first-order chi connectivity index (χ1) is 8.87. The van der Waals surface area contributed by atoms with Crippen LogP contribution in [0.5, 0.6) is 11.5 Å². The number of rotatable bonds is 7. The molecular formula is C12H18ClNO4S. The molecule has 0 aliphatic heterocycles. The summed E-state index contributed by atoms with van der Waals surface area (Å²) in [7, 11) is -1.57. The number of ether oxygens (including phenoxy) is 2. The minimum atomic E-state index is -3.07. The smallest absolute Gasteiger partial charge is 0.179 e. The van der Waals surface area contributed by atoms with Crippen molar-refractivity contribution in [3.8, 4) is 11.5 Å². The summed E-state index contributed by atoms with van der Waals surface area (Å²) in [6.45, 7) is 0.541. The Balaban J connectivity index is 2.87. The fourth-order valence-electron chi connectivity index (χ4n) is 1.52. The average Bonchev–Trinajstić information content (AvgIpc) is 2.30. The summed E-state index contributed by atoms with van der Waals surface area (Å²) in [5.74, 6) is 0.759. The van der Waals surface area contributed by atoms with Gasteiger partial charge in [-0.25, -0.2) is 8.42 Å². The molecule has 5 nitrogen and oxygen atoms in total. The average molecular weight is 308 g/mol. The van der Waals surface area contributed by atoms with E-state index in [9.17, 15) is 8.42 Å². The maximum absolute atomic E-state index is 11.0. The lowest BCUT2D eigenvalue weighted by Gasteiger charge is -2.13. The highest BCUT2D eigenvalue weighted by molar-refractivity contribution is 7.90. The van der Waals surface area contributed by atoms with E-state index in [0.29, 0.717) is 29.5 Å². The first-order valence-corrected chi connectivity index (χ1v) is 8.18. The molecule has 0 heterocycles. The number of hydrogen-bond acceptors (Lipinski definition) is 5. The molecule has 1 aromatic rings. The number of methoxy groups -OCH3 is 1. The number of nitrogens with two attached hydrogens (primary N) is 1. The summed E-state index contributed by atoms with van der Waals surface area (Å²) in [6, 6.07) is 3.53. The van der Waals surface area contributed by atoms with E-state index in [1.807, 2.05) is 0 Å². The fourth-order valence-corrected chi connectivity index (χ4v) is 2.19. The van der Waals surface area contributed by atoms with Crippen molar-refractivity contribution in [1.82, 2.24) is 0 Å². The maximum Gasteiger partial charge on any atom is 0.179 e. The van der Waals surface area contributed by atoms with Crippen molar-refractivity contribution in [3.05, 3.63) is 22.7 Å². The molecule has 2 N–H and O–H groups in total. The SMILES string of the molecule is COc1cc(CCN)cc(Cl)c1OCCS(C)(=O)=O. The van der Waals surface area contributed by atoms with Gasteiger partial charge in [0.2, 0.25) is 0 Å². The van der Waals surface area contributed by atoms with Crippen LogP contribution in [0.4, 0.5) is 0 Å². The second-order valence-corrected chi connectivity index (χ2v) is 6.79. The summed E-state index contributed by atoms with van der Waals surface area (Å²) in [5, 5.41) is 0.385. The molecular weight excluding hydrogens is 290 g/mol. The summed E-state index contributed by atoms with van der Waals surface area (Å²) < 4.78 is 32.7. The largest absolute Gasteiger partial charge is 0.493 e. The van der Waals surface area contributed by atoms with Gasteiger partial charge in [0.05, 0.1) is 17.9 Å². The Morgan fingerprint density at radius 3 is 2.58 bits per heavy atom. The number of hydrogen-bond donors (Lipinski definition) is 1. The van der Waals surface area contributed by atoms with Crippen molar-refractivity contribution in [2.75, 3.05) is 32.3 Å². The van der Waals surface area contributed by atoms with Crippen LogP contribution in [0.2, 0.25) is 5.02 Å². The second-order valence-electron chi connectivity index (χ2n) is 4.13. The van der Waals surface area contributed by atoms with Crippen molar-refractivity contribution in [3.63, 3.8) is 0 Å². The van der Waals surface area contributed by atoms with Gasteiger partial charge in [-0.05, 0) is 30.7 Å². The molecule has 0 aliphatic rings. The van der Waals surface area contributed by atoms with E-state index in [1.54, 1.807) is 12.1 Å². The Kier molecular flexibility index (Phi) is 5.90. The van der Waals surface area contributed by atoms with Gasteiger partial charge in [0.1, 0.15) is 6.61 Å². The quantitative estimate of drug-likeness (QED) is 0.821. The lowest BCUT2D eigenvalue weighted by Crippen LogP contribution is -2.13. The van der Waals surface area contributed by atoms with Gasteiger partial charge in [0.25, 0.3) is 0 Å². The Bertz CT molecular complexity index is 531. The molecule has 108 valence electrons. The van der Waals surface area contributed by atoms with E-state index in [1.165, 1.54) is 7.11 Å². The van der Waals surface area contributed by atoms with Crippen LogP contribution in [0.15, 0.2) is 12.1 Å². The van der Waals surface area contributed by atoms with Crippen molar-refractivity contribution in [2.24, 2.45) is 5.73 Å². The molecule has 0 aromatic heterocycles. The third kappa shape index (κ3) is 5.26. The molecule has 1 rings (SSSR count). The third-order valence-electron chi connectivity index (χ3n) is 2.42. The minimum Gasteiger partial charge on any atom is -0.493 e. The molecule has 1 aromatic carbocycles. The van der Waals surface area contributed by atoms with Crippen LogP contribution in [-0.4, -0.2) is 40.7 Å². The summed E-state index contributed by atoms with van der Waals surface area (Å²) >= 11 is 6.10. The zero-order valence-electron chi connectivity index (χ0n) is 11.0. The Labute approximate surface area is 118 Å². The predicted molar refractivity (Wildman–Crippen MR) is 76.0 cm³/mol. The van der Waals surface area contributed by atoms with Crippen LogP contribution in [-0.2, 0) is 16.3 Å². The zero-order valence-corrected chi connectivity index (χ0v) is 12.6. The third-order valence-corrected chi connectivity index (χ3v) is 3.61. The summed E-state index contributed by atoms with van der Waals surface area (Å²) in [4.78, 5) is 0. The molecule has 0 unspecified atom stereocenters. The lowest BCUT2D eigenvalue weighted by molar-refractivity contribution is 0.311. The summed E-state index contributed by atoms with van der Waals surface area (Å²) in [6.07, 6.45) is 1.83. The Hall–Kier alpha value is -0.980. The second kappa shape index (κ2) is 6.98. The van der Waals surface area contributed by atoms with Crippen LogP contribution in [0, 0.1) is 0 Å². The van der Waals surface area contributed by atoms with Gasteiger partial charge in [-0.3, -0.25) is 0 Å². The van der Waals surface area contributed by atoms with E-state index < -0.39 is 9.84 Å². The van der Waals surface area contributed by atoms with Crippen molar-refractivity contribution < 1.29 is 17.9 Å². The molecule has 0 spiro atoms. The molecule has 0 saturated carbocycles. The number of benzene rings is 1. The van der Waals surface area contributed by atoms with Crippen LogP contribution >= 0.6 is 11.6 Å². The molecule has 0 amide bonds. The topological polar surface area (TPSA) is 78.6 Å². The lowest BCUT2D eigenvalue weighted by atomic mass is 10.1. The first kappa shape index (κ1) is 16.1. The zero-order chi connectivity index (χ0) is 14.5. The molecule has 0 atom stereocenters. The van der Waals surface area contributed by atoms with Gasteiger partial charge >= 0.3 is 0 Å². The molecule has 7 heteroatoms. The molecule has 0 aliphatic carbocycles. The molecule has 19 heavy (non-hydrogen) atoms. The van der Waals surface area contributed by atoms with Gasteiger partial charge in [-0.15, -0.1) is 0 Å². The number of halogens is 1.